The van der Waals surface area contributed by atoms with Crippen LogP contribution in [0.4, 0.5) is 0 Å². The highest BCUT2D eigenvalue weighted by molar-refractivity contribution is 6.10. The molecular weight excluding hydrogens is 246 g/mol. The summed E-state index contributed by atoms with van der Waals surface area (Å²) in [4.78, 5) is 3.31. The normalized spacial score (nSPS) is 11.2. The number of para-hydroxylation sites is 1. The molecule has 0 aliphatic carbocycles. The standard InChI is InChI=1S/C18H13NO/c20-18-13(12-6-2-1-3-7-12)10-11-15-14-8-4-5-9-16(14)19-17(15)18/h1-11,19-20H. The summed E-state index contributed by atoms with van der Waals surface area (Å²) in [6.45, 7) is 0. The molecule has 96 valence electrons. The molecule has 0 bridgehead atoms. The SMILES string of the molecule is Oc1c(-c2ccccc2)ccc2c1[nH]c1ccccc12. The van der Waals surface area contributed by atoms with E-state index in [0.29, 0.717) is 5.75 Å². The molecule has 2 heteroatoms. The molecule has 0 saturated heterocycles. The molecule has 0 unspecified atom stereocenters. The van der Waals surface area contributed by atoms with Crippen LogP contribution in [-0.4, -0.2) is 10.1 Å². The fourth-order valence-corrected chi connectivity index (χ4v) is 2.75. The van der Waals surface area contributed by atoms with Gasteiger partial charge < -0.3 is 10.1 Å². The van der Waals surface area contributed by atoms with Crippen LogP contribution in [0.2, 0.25) is 0 Å². The number of aromatic amines is 1. The molecule has 0 fully saturated rings. The number of benzene rings is 3. The van der Waals surface area contributed by atoms with Crippen molar-refractivity contribution in [2.45, 2.75) is 0 Å². The summed E-state index contributed by atoms with van der Waals surface area (Å²) < 4.78 is 0. The van der Waals surface area contributed by atoms with Crippen molar-refractivity contribution in [3.8, 4) is 16.9 Å². The van der Waals surface area contributed by atoms with Gasteiger partial charge in [0.15, 0.2) is 0 Å². The molecule has 20 heavy (non-hydrogen) atoms. The van der Waals surface area contributed by atoms with E-state index < -0.39 is 0 Å². The number of aromatic nitrogens is 1. The Morgan fingerprint density at radius 3 is 2.30 bits per heavy atom. The first-order chi connectivity index (χ1) is 9.84. The number of nitrogens with one attached hydrogen (secondary N) is 1. The number of H-pyrrole nitrogens is 1. The van der Waals surface area contributed by atoms with E-state index in [2.05, 4.69) is 17.1 Å². The number of rotatable bonds is 1. The molecule has 0 aliphatic rings. The third-order valence-corrected chi connectivity index (χ3v) is 3.74. The average molecular weight is 259 g/mol. The van der Waals surface area contributed by atoms with Crippen molar-refractivity contribution in [3.63, 3.8) is 0 Å². The molecule has 2 N–H and O–H groups in total. The van der Waals surface area contributed by atoms with Gasteiger partial charge in [0.05, 0.1) is 5.52 Å². The van der Waals surface area contributed by atoms with Crippen molar-refractivity contribution < 1.29 is 5.11 Å². The second-order valence-corrected chi connectivity index (χ2v) is 4.92. The minimum atomic E-state index is 0.310. The molecule has 3 aromatic carbocycles. The predicted molar refractivity (Wildman–Crippen MR) is 82.9 cm³/mol. The third-order valence-electron chi connectivity index (χ3n) is 3.74. The maximum absolute atomic E-state index is 10.6. The number of hydrogen-bond donors (Lipinski definition) is 2. The van der Waals surface area contributed by atoms with Crippen LogP contribution >= 0.6 is 0 Å². The Kier molecular flexibility index (Phi) is 2.30. The Balaban J connectivity index is 2.07. The highest BCUT2D eigenvalue weighted by atomic mass is 16.3. The van der Waals surface area contributed by atoms with E-state index in [0.717, 1.165) is 32.9 Å². The van der Waals surface area contributed by atoms with Gasteiger partial charge in [-0.05, 0) is 17.7 Å². The van der Waals surface area contributed by atoms with Crippen LogP contribution < -0.4 is 0 Å². The quantitative estimate of drug-likeness (QED) is 0.511. The molecule has 0 aliphatic heterocycles. The van der Waals surface area contributed by atoms with Gasteiger partial charge in [-0.15, -0.1) is 0 Å². The van der Waals surface area contributed by atoms with Gasteiger partial charge in [0.1, 0.15) is 5.75 Å². The molecule has 0 spiro atoms. The van der Waals surface area contributed by atoms with Gasteiger partial charge in [0.25, 0.3) is 0 Å². The average Bonchev–Trinajstić information content (AvgIpc) is 2.88. The maximum Gasteiger partial charge on any atom is 0.147 e. The first-order valence-corrected chi connectivity index (χ1v) is 6.62. The molecule has 2 nitrogen and oxygen atoms in total. The minimum absolute atomic E-state index is 0.310. The number of fused-ring (bicyclic) bond motifs is 3. The van der Waals surface area contributed by atoms with Crippen LogP contribution in [-0.2, 0) is 0 Å². The van der Waals surface area contributed by atoms with Crippen LogP contribution in [0, 0.1) is 0 Å². The second kappa shape index (κ2) is 4.14. The number of hydrogen-bond acceptors (Lipinski definition) is 1. The van der Waals surface area contributed by atoms with Crippen LogP contribution in [0.3, 0.4) is 0 Å². The highest BCUT2D eigenvalue weighted by Crippen LogP contribution is 2.38. The summed E-state index contributed by atoms with van der Waals surface area (Å²) in [6, 6.07) is 22.1. The molecule has 0 radical (unpaired) electrons. The summed E-state index contributed by atoms with van der Waals surface area (Å²) in [5.41, 5.74) is 3.71. The van der Waals surface area contributed by atoms with Gasteiger partial charge in [-0.2, -0.15) is 0 Å². The van der Waals surface area contributed by atoms with Gasteiger partial charge in [-0.1, -0.05) is 54.6 Å². The van der Waals surface area contributed by atoms with Crippen molar-refractivity contribution in [1.82, 2.24) is 4.98 Å². The van der Waals surface area contributed by atoms with Crippen LogP contribution in [0.1, 0.15) is 0 Å². The molecule has 4 aromatic rings. The van der Waals surface area contributed by atoms with Gasteiger partial charge in [0.2, 0.25) is 0 Å². The Labute approximate surface area is 116 Å². The lowest BCUT2D eigenvalue weighted by Gasteiger charge is -2.05. The number of phenols is 1. The lowest BCUT2D eigenvalue weighted by atomic mass is 10.0. The lowest BCUT2D eigenvalue weighted by molar-refractivity contribution is 0.482. The van der Waals surface area contributed by atoms with E-state index in [9.17, 15) is 5.11 Å². The fourth-order valence-electron chi connectivity index (χ4n) is 2.75. The Morgan fingerprint density at radius 2 is 1.45 bits per heavy atom. The van der Waals surface area contributed by atoms with Gasteiger partial charge in [0, 0.05) is 21.9 Å². The number of phenolic OH excluding ortho intramolecular Hbond substituents is 1. The smallest absolute Gasteiger partial charge is 0.147 e. The first kappa shape index (κ1) is 11.1. The van der Waals surface area contributed by atoms with E-state index >= 15 is 0 Å². The predicted octanol–water partition coefficient (Wildman–Crippen LogP) is 4.69. The van der Waals surface area contributed by atoms with Crippen molar-refractivity contribution in [2.75, 3.05) is 0 Å². The summed E-state index contributed by atoms with van der Waals surface area (Å²) in [5.74, 6) is 0.310. The molecule has 0 saturated carbocycles. The van der Waals surface area contributed by atoms with Crippen LogP contribution in [0.5, 0.6) is 5.75 Å². The summed E-state index contributed by atoms with van der Waals surface area (Å²) >= 11 is 0. The van der Waals surface area contributed by atoms with Crippen molar-refractivity contribution >= 4 is 21.8 Å². The Bertz CT molecular complexity index is 907. The van der Waals surface area contributed by atoms with E-state index in [4.69, 9.17) is 0 Å². The zero-order chi connectivity index (χ0) is 13.5. The Hall–Kier alpha value is -2.74. The van der Waals surface area contributed by atoms with Crippen molar-refractivity contribution in [3.05, 3.63) is 66.7 Å². The topological polar surface area (TPSA) is 36.0 Å². The first-order valence-electron chi connectivity index (χ1n) is 6.62. The summed E-state index contributed by atoms with van der Waals surface area (Å²) in [6.07, 6.45) is 0. The largest absolute Gasteiger partial charge is 0.505 e. The van der Waals surface area contributed by atoms with E-state index in [1.54, 1.807) is 0 Å². The molecular formula is C18H13NO. The molecule has 4 rings (SSSR count). The van der Waals surface area contributed by atoms with Crippen molar-refractivity contribution in [2.24, 2.45) is 0 Å². The molecule has 0 amide bonds. The number of aromatic hydroxyl groups is 1. The minimum Gasteiger partial charge on any atom is -0.505 e. The summed E-state index contributed by atoms with van der Waals surface area (Å²) in [5, 5.41) is 12.8. The fraction of sp³-hybridized carbons (Fsp3) is 0. The zero-order valence-corrected chi connectivity index (χ0v) is 10.8. The van der Waals surface area contributed by atoms with Crippen LogP contribution in [0.15, 0.2) is 66.7 Å². The van der Waals surface area contributed by atoms with Crippen molar-refractivity contribution in [1.29, 1.82) is 0 Å². The molecule has 0 atom stereocenters. The Morgan fingerprint density at radius 1 is 0.700 bits per heavy atom. The van der Waals surface area contributed by atoms with Gasteiger partial charge >= 0.3 is 0 Å². The van der Waals surface area contributed by atoms with Gasteiger partial charge in [-0.3, -0.25) is 0 Å². The molecule has 1 aromatic heterocycles. The van der Waals surface area contributed by atoms with E-state index in [1.165, 1.54) is 0 Å². The van der Waals surface area contributed by atoms with E-state index in [1.807, 2.05) is 54.6 Å². The second-order valence-electron chi connectivity index (χ2n) is 4.92. The molecule has 1 heterocycles. The van der Waals surface area contributed by atoms with E-state index in [-0.39, 0.29) is 0 Å². The maximum atomic E-state index is 10.6. The summed E-state index contributed by atoms with van der Waals surface area (Å²) in [7, 11) is 0. The van der Waals surface area contributed by atoms with Crippen LogP contribution in [0.25, 0.3) is 32.9 Å². The monoisotopic (exact) mass is 259 g/mol. The lowest BCUT2D eigenvalue weighted by Crippen LogP contribution is -1.80. The third kappa shape index (κ3) is 1.51. The highest BCUT2D eigenvalue weighted by Gasteiger charge is 2.12. The zero-order valence-electron chi connectivity index (χ0n) is 10.8. The van der Waals surface area contributed by atoms with Gasteiger partial charge in [-0.25, -0.2) is 0 Å².